The third-order valence-corrected chi connectivity index (χ3v) is 6.53. The Kier molecular flexibility index (Phi) is 6.76. The first-order valence-corrected chi connectivity index (χ1v) is 11.9. The molecule has 188 valence electrons. The molecule has 0 radical (unpaired) electrons. The van der Waals surface area contributed by atoms with Gasteiger partial charge in [0.2, 0.25) is 5.56 Å². The monoisotopic (exact) mass is 503 g/mol. The van der Waals surface area contributed by atoms with Crippen molar-refractivity contribution in [3.05, 3.63) is 111 Å². The standard InChI is InChI=1S/C28H23F2N3O4/c29-21-9-4-17(5-10-21)14-19-2-1-3-23-26(19)32-33(27(23)18-6-11-22(30)12-7-18)25(35)16-37-28(36)20-8-13-24(34)31-15-20/h4-15,23,27H,1-3,16H2,(H,31,34). The number of fused-ring (bicyclic) bond motifs is 1. The van der Waals surface area contributed by atoms with Crippen molar-refractivity contribution in [2.45, 2.75) is 25.3 Å². The Bertz CT molecular complexity index is 1430. The van der Waals surface area contributed by atoms with Crippen LogP contribution in [-0.2, 0) is 9.53 Å². The number of hydrogen-bond acceptors (Lipinski definition) is 5. The van der Waals surface area contributed by atoms with Crippen molar-refractivity contribution < 1.29 is 23.1 Å². The zero-order valence-electron chi connectivity index (χ0n) is 19.7. The van der Waals surface area contributed by atoms with Gasteiger partial charge in [-0.1, -0.05) is 24.3 Å². The Balaban J connectivity index is 1.43. The second-order valence-corrected chi connectivity index (χ2v) is 8.96. The third-order valence-electron chi connectivity index (χ3n) is 6.53. The van der Waals surface area contributed by atoms with Crippen LogP contribution in [0, 0.1) is 17.6 Å². The topological polar surface area (TPSA) is 91.8 Å². The molecule has 37 heavy (non-hydrogen) atoms. The van der Waals surface area contributed by atoms with Gasteiger partial charge >= 0.3 is 5.97 Å². The molecule has 2 heterocycles. The predicted octanol–water partition coefficient (Wildman–Crippen LogP) is 4.63. The quantitative estimate of drug-likeness (QED) is 0.514. The van der Waals surface area contributed by atoms with Gasteiger partial charge in [-0.25, -0.2) is 18.6 Å². The number of nitrogens with zero attached hydrogens (tertiary/aromatic N) is 2. The number of ether oxygens (including phenoxy) is 1. The molecule has 5 rings (SSSR count). The van der Waals surface area contributed by atoms with Crippen molar-refractivity contribution in [2.24, 2.45) is 11.0 Å². The summed E-state index contributed by atoms with van der Waals surface area (Å²) in [6.07, 6.45) is 5.52. The van der Waals surface area contributed by atoms with Crippen LogP contribution >= 0.6 is 0 Å². The van der Waals surface area contributed by atoms with Crippen LogP contribution in [0.5, 0.6) is 0 Å². The molecule has 1 N–H and O–H groups in total. The average molecular weight is 504 g/mol. The van der Waals surface area contributed by atoms with E-state index in [0.717, 1.165) is 36.1 Å². The van der Waals surface area contributed by atoms with Crippen LogP contribution in [0.4, 0.5) is 8.78 Å². The molecular weight excluding hydrogens is 480 g/mol. The number of allylic oxidation sites excluding steroid dienone is 1. The highest BCUT2D eigenvalue weighted by atomic mass is 19.1. The minimum atomic E-state index is -0.760. The maximum Gasteiger partial charge on any atom is 0.340 e. The highest BCUT2D eigenvalue weighted by Gasteiger charge is 2.43. The molecule has 2 atom stereocenters. The molecule has 0 spiro atoms. The first-order chi connectivity index (χ1) is 17.9. The van der Waals surface area contributed by atoms with E-state index in [9.17, 15) is 23.2 Å². The van der Waals surface area contributed by atoms with Crippen molar-refractivity contribution >= 4 is 23.7 Å². The van der Waals surface area contributed by atoms with Gasteiger partial charge in [-0.3, -0.25) is 9.59 Å². The molecule has 2 aromatic carbocycles. The fourth-order valence-corrected chi connectivity index (χ4v) is 4.77. The number of hydrogen-bond donors (Lipinski definition) is 1. The average Bonchev–Trinajstić information content (AvgIpc) is 3.30. The second kappa shape index (κ2) is 10.3. The van der Waals surface area contributed by atoms with Gasteiger partial charge < -0.3 is 9.72 Å². The van der Waals surface area contributed by atoms with E-state index in [1.165, 1.54) is 47.6 Å². The fourth-order valence-electron chi connectivity index (χ4n) is 4.77. The Labute approximate surface area is 211 Å². The SMILES string of the molecule is O=C(OCC(=O)N1N=C2C(=Cc3ccc(F)cc3)CCCC2C1c1ccc(F)cc1)c1ccc(=O)[nH]c1. The highest BCUT2D eigenvalue weighted by molar-refractivity contribution is 6.08. The first-order valence-electron chi connectivity index (χ1n) is 11.9. The number of carbonyl (C=O) groups is 2. The van der Waals surface area contributed by atoms with Gasteiger partial charge in [0.05, 0.1) is 17.3 Å². The van der Waals surface area contributed by atoms with Gasteiger partial charge in [-0.05, 0) is 72.4 Å². The van der Waals surface area contributed by atoms with Gasteiger partial charge in [0.15, 0.2) is 6.61 Å². The summed E-state index contributed by atoms with van der Waals surface area (Å²) in [5.74, 6) is -2.15. The van der Waals surface area contributed by atoms with Crippen molar-refractivity contribution in [3.63, 3.8) is 0 Å². The molecule has 1 aliphatic carbocycles. The number of pyridine rings is 1. The van der Waals surface area contributed by atoms with Gasteiger partial charge in [-0.2, -0.15) is 5.10 Å². The molecule has 1 amide bonds. The maximum absolute atomic E-state index is 13.7. The Morgan fingerprint density at radius 1 is 1.03 bits per heavy atom. The van der Waals surface area contributed by atoms with Crippen LogP contribution in [0.1, 0.15) is 46.8 Å². The summed E-state index contributed by atoms with van der Waals surface area (Å²) in [6.45, 7) is -0.559. The summed E-state index contributed by atoms with van der Waals surface area (Å²) in [5, 5.41) is 5.99. The molecular formula is C28H23F2N3O4. The molecule has 0 bridgehead atoms. The number of halogens is 2. The van der Waals surface area contributed by atoms with Crippen LogP contribution in [-0.4, -0.2) is 34.2 Å². The Morgan fingerprint density at radius 2 is 1.73 bits per heavy atom. The molecule has 1 aliphatic heterocycles. The third kappa shape index (κ3) is 5.25. The summed E-state index contributed by atoms with van der Waals surface area (Å²) < 4.78 is 32.2. The number of aromatic nitrogens is 1. The molecule has 1 aromatic heterocycles. The minimum absolute atomic E-state index is 0.105. The molecule has 1 saturated carbocycles. The van der Waals surface area contributed by atoms with E-state index in [-0.39, 0.29) is 22.9 Å². The van der Waals surface area contributed by atoms with E-state index >= 15 is 0 Å². The fraction of sp³-hybridized carbons (Fsp3) is 0.214. The summed E-state index contributed by atoms with van der Waals surface area (Å²) in [5.41, 5.74) is 2.95. The van der Waals surface area contributed by atoms with E-state index < -0.39 is 30.3 Å². The summed E-state index contributed by atoms with van der Waals surface area (Å²) in [4.78, 5) is 39.3. The molecule has 3 aromatic rings. The van der Waals surface area contributed by atoms with Crippen LogP contribution in [0.3, 0.4) is 0 Å². The van der Waals surface area contributed by atoms with Gasteiger partial charge in [0.25, 0.3) is 5.91 Å². The van der Waals surface area contributed by atoms with Crippen molar-refractivity contribution in [3.8, 4) is 0 Å². The summed E-state index contributed by atoms with van der Waals surface area (Å²) >= 11 is 0. The molecule has 0 saturated heterocycles. The number of rotatable bonds is 5. The minimum Gasteiger partial charge on any atom is -0.452 e. The van der Waals surface area contributed by atoms with Gasteiger partial charge in [0.1, 0.15) is 11.6 Å². The van der Waals surface area contributed by atoms with E-state index in [4.69, 9.17) is 4.74 Å². The van der Waals surface area contributed by atoms with Crippen LogP contribution in [0.2, 0.25) is 0 Å². The number of carbonyl (C=O) groups excluding carboxylic acids is 2. The lowest BCUT2D eigenvalue weighted by Crippen LogP contribution is -2.34. The predicted molar refractivity (Wildman–Crippen MR) is 132 cm³/mol. The van der Waals surface area contributed by atoms with Crippen LogP contribution < -0.4 is 5.56 Å². The van der Waals surface area contributed by atoms with Crippen molar-refractivity contribution in [2.75, 3.05) is 6.61 Å². The normalized spacial score (nSPS) is 19.9. The van der Waals surface area contributed by atoms with Crippen molar-refractivity contribution in [1.82, 2.24) is 9.99 Å². The van der Waals surface area contributed by atoms with Crippen LogP contribution in [0.25, 0.3) is 6.08 Å². The number of hydrazone groups is 1. The lowest BCUT2D eigenvalue weighted by molar-refractivity contribution is -0.137. The molecule has 1 fully saturated rings. The number of nitrogens with one attached hydrogen (secondary N) is 1. The number of esters is 1. The lowest BCUT2D eigenvalue weighted by atomic mass is 9.77. The van der Waals surface area contributed by atoms with E-state index in [2.05, 4.69) is 10.1 Å². The Morgan fingerprint density at radius 3 is 2.41 bits per heavy atom. The van der Waals surface area contributed by atoms with E-state index in [1.807, 2.05) is 6.08 Å². The largest absolute Gasteiger partial charge is 0.452 e. The summed E-state index contributed by atoms with van der Waals surface area (Å²) in [6, 6.07) is 14.1. The zero-order valence-corrected chi connectivity index (χ0v) is 19.7. The number of amides is 1. The van der Waals surface area contributed by atoms with E-state index in [0.29, 0.717) is 5.56 Å². The summed E-state index contributed by atoms with van der Waals surface area (Å²) in [7, 11) is 0. The van der Waals surface area contributed by atoms with Gasteiger partial charge in [0, 0.05) is 18.2 Å². The number of H-pyrrole nitrogens is 1. The van der Waals surface area contributed by atoms with Crippen LogP contribution in [0.15, 0.2) is 82.3 Å². The van der Waals surface area contributed by atoms with Gasteiger partial charge in [-0.15, -0.1) is 0 Å². The maximum atomic E-state index is 13.7. The molecule has 9 heteroatoms. The van der Waals surface area contributed by atoms with E-state index in [1.54, 1.807) is 24.3 Å². The second-order valence-electron chi connectivity index (χ2n) is 8.96. The smallest absolute Gasteiger partial charge is 0.340 e. The number of aromatic amines is 1. The lowest BCUT2D eigenvalue weighted by Gasteiger charge is -2.29. The number of benzene rings is 2. The molecule has 2 aliphatic rings. The Hall–Kier alpha value is -4.40. The zero-order chi connectivity index (χ0) is 25.9. The highest BCUT2D eigenvalue weighted by Crippen LogP contribution is 2.44. The first kappa shape index (κ1) is 24.3. The van der Waals surface area contributed by atoms with Crippen molar-refractivity contribution in [1.29, 1.82) is 0 Å². The molecule has 2 unspecified atom stereocenters. The molecule has 7 nitrogen and oxygen atoms in total.